The van der Waals surface area contributed by atoms with Gasteiger partial charge < -0.3 is 0 Å². The Morgan fingerprint density at radius 3 is 2.80 bits per heavy atom. The Balaban J connectivity index is 2.24. The summed E-state index contributed by atoms with van der Waals surface area (Å²) in [7, 11) is 1.99. The number of nitrogens with zero attached hydrogens (tertiary/aromatic N) is 2. The molecule has 1 aromatic rings. The highest BCUT2D eigenvalue weighted by Crippen LogP contribution is 2.40. The van der Waals surface area contributed by atoms with Gasteiger partial charge >= 0.3 is 0 Å². The highest BCUT2D eigenvalue weighted by Gasteiger charge is 2.29. The number of hydrogen-bond donors (Lipinski definition) is 0. The zero-order valence-electron chi connectivity index (χ0n) is 9.70. The van der Waals surface area contributed by atoms with Gasteiger partial charge in [-0.15, -0.1) is 11.6 Å². The van der Waals surface area contributed by atoms with E-state index in [9.17, 15) is 0 Å². The van der Waals surface area contributed by atoms with Crippen molar-refractivity contribution in [3.63, 3.8) is 0 Å². The van der Waals surface area contributed by atoms with Crippen LogP contribution in [-0.4, -0.2) is 15.2 Å². The summed E-state index contributed by atoms with van der Waals surface area (Å²) < 4.78 is 1.91. The molecule has 3 atom stereocenters. The van der Waals surface area contributed by atoms with Gasteiger partial charge in [0.25, 0.3) is 0 Å². The predicted octanol–water partition coefficient (Wildman–Crippen LogP) is 3.24. The molecule has 1 aliphatic rings. The lowest BCUT2D eigenvalue weighted by Crippen LogP contribution is -2.21. The van der Waals surface area contributed by atoms with Crippen molar-refractivity contribution in [3.8, 4) is 0 Å². The number of alkyl halides is 1. The third kappa shape index (κ3) is 2.20. The minimum absolute atomic E-state index is 0.353. The van der Waals surface area contributed by atoms with E-state index in [1.807, 2.05) is 11.7 Å². The number of aryl methyl sites for hydroxylation is 2. The lowest BCUT2D eigenvalue weighted by atomic mass is 9.76. The minimum Gasteiger partial charge on any atom is -0.275 e. The quantitative estimate of drug-likeness (QED) is 0.673. The fourth-order valence-electron chi connectivity index (χ4n) is 2.69. The first-order valence-electron chi connectivity index (χ1n) is 5.72. The van der Waals surface area contributed by atoms with Crippen LogP contribution in [-0.2, 0) is 7.05 Å². The van der Waals surface area contributed by atoms with Crippen LogP contribution in [0.1, 0.15) is 43.4 Å². The molecule has 0 amide bonds. The van der Waals surface area contributed by atoms with Crippen LogP contribution in [0.5, 0.6) is 0 Å². The SMILES string of the molecule is Cc1nn(C)cc1C1CC(Cl)CCC1C. The van der Waals surface area contributed by atoms with E-state index in [0.29, 0.717) is 11.3 Å². The largest absolute Gasteiger partial charge is 0.275 e. The predicted molar refractivity (Wildman–Crippen MR) is 63.3 cm³/mol. The Morgan fingerprint density at radius 1 is 1.47 bits per heavy atom. The van der Waals surface area contributed by atoms with Gasteiger partial charge in [0.1, 0.15) is 0 Å². The molecule has 1 aliphatic carbocycles. The lowest BCUT2D eigenvalue weighted by Gasteiger charge is -2.31. The van der Waals surface area contributed by atoms with Gasteiger partial charge in [0, 0.05) is 18.6 Å². The molecule has 0 N–H and O–H groups in total. The monoisotopic (exact) mass is 226 g/mol. The third-order valence-corrected chi connectivity index (χ3v) is 3.98. The van der Waals surface area contributed by atoms with Gasteiger partial charge in [0.15, 0.2) is 0 Å². The fourth-order valence-corrected chi connectivity index (χ4v) is 3.00. The highest BCUT2D eigenvalue weighted by molar-refractivity contribution is 6.20. The highest BCUT2D eigenvalue weighted by atomic mass is 35.5. The van der Waals surface area contributed by atoms with E-state index in [2.05, 4.69) is 25.1 Å². The maximum Gasteiger partial charge on any atom is 0.0628 e. The molecule has 84 valence electrons. The van der Waals surface area contributed by atoms with Crippen LogP contribution in [0.25, 0.3) is 0 Å². The summed E-state index contributed by atoms with van der Waals surface area (Å²) in [5.74, 6) is 1.35. The molecule has 0 bridgehead atoms. The van der Waals surface area contributed by atoms with E-state index in [1.54, 1.807) is 0 Å². The number of hydrogen-bond acceptors (Lipinski definition) is 1. The summed E-state index contributed by atoms with van der Waals surface area (Å²) >= 11 is 6.26. The summed E-state index contributed by atoms with van der Waals surface area (Å²) in [6.45, 7) is 4.43. The van der Waals surface area contributed by atoms with Crippen LogP contribution in [0.3, 0.4) is 0 Å². The average molecular weight is 227 g/mol. The van der Waals surface area contributed by atoms with Gasteiger partial charge in [-0.1, -0.05) is 6.92 Å². The molecule has 1 aromatic heterocycles. The van der Waals surface area contributed by atoms with Crippen molar-refractivity contribution in [2.75, 3.05) is 0 Å². The van der Waals surface area contributed by atoms with Crippen molar-refractivity contribution in [3.05, 3.63) is 17.5 Å². The summed E-state index contributed by atoms with van der Waals surface area (Å²) in [5, 5.41) is 4.77. The summed E-state index contributed by atoms with van der Waals surface area (Å²) in [4.78, 5) is 0. The van der Waals surface area contributed by atoms with E-state index >= 15 is 0 Å². The first-order valence-corrected chi connectivity index (χ1v) is 6.15. The van der Waals surface area contributed by atoms with E-state index < -0.39 is 0 Å². The molecule has 3 unspecified atom stereocenters. The van der Waals surface area contributed by atoms with Crippen LogP contribution >= 0.6 is 11.6 Å². The van der Waals surface area contributed by atoms with Crippen molar-refractivity contribution >= 4 is 11.6 Å². The first-order chi connectivity index (χ1) is 7.08. The molecule has 1 fully saturated rings. The zero-order valence-corrected chi connectivity index (χ0v) is 10.5. The van der Waals surface area contributed by atoms with Crippen molar-refractivity contribution in [1.82, 2.24) is 9.78 Å². The molecule has 0 saturated heterocycles. The van der Waals surface area contributed by atoms with Gasteiger partial charge in [0.2, 0.25) is 0 Å². The van der Waals surface area contributed by atoms with E-state index in [-0.39, 0.29) is 0 Å². The maximum absolute atomic E-state index is 6.26. The second-order valence-electron chi connectivity index (χ2n) is 4.84. The molecule has 15 heavy (non-hydrogen) atoms. The second kappa shape index (κ2) is 4.17. The first kappa shape index (κ1) is 11.0. The molecular formula is C12H19ClN2. The Bertz CT molecular complexity index is 345. The fraction of sp³-hybridized carbons (Fsp3) is 0.750. The van der Waals surface area contributed by atoms with Crippen molar-refractivity contribution in [2.45, 2.75) is 44.4 Å². The molecular weight excluding hydrogens is 208 g/mol. The topological polar surface area (TPSA) is 17.8 Å². The molecule has 2 nitrogen and oxygen atoms in total. The Kier molecular flexibility index (Phi) is 3.06. The molecule has 2 rings (SSSR count). The molecule has 0 aliphatic heterocycles. The Labute approximate surface area is 96.6 Å². The number of halogens is 1. The van der Waals surface area contributed by atoms with Gasteiger partial charge in [-0.2, -0.15) is 5.10 Å². The van der Waals surface area contributed by atoms with E-state index in [1.165, 1.54) is 24.1 Å². The van der Waals surface area contributed by atoms with E-state index in [4.69, 9.17) is 11.6 Å². The summed E-state index contributed by atoms with van der Waals surface area (Å²) in [5.41, 5.74) is 2.57. The average Bonchev–Trinajstić information content (AvgIpc) is 2.50. The molecule has 3 heteroatoms. The molecule has 0 spiro atoms. The second-order valence-corrected chi connectivity index (χ2v) is 5.45. The number of rotatable bonds is 1. The van der Waals surface area contributed by atoms with Gasteiger partial charge in [-0.05, 0) is 43.6 Å². The Morgan fingerprint density at radius 2 is 2.20 bits per heavy atom. The van der Waals surface area contributed by atoms with Crippen molar-refractivity contribution in [2.24, 2.45) is 13.0 Å². The normalized spacial score (nSPS) is 31.9. The van der Waals surface area contributed by atoms with Crippen LogP contribution in [0.4, 0.5) is 0 Å². The Hall–Kier alpha value is -0.500. The van der Waals surface area contributed by atoms with Gasteiger partial charge in [-0.25, -0.2) is 0 Å². The van der Waals surface area contributed by atoms with Crippen molar-refractivity contribution < 1.29 is 0 Å². The molecule has 1 heterocycles. The van der Waals surface area contributed by atoms with Gasteiger partial charge in [-0.3, -0.25) is 4.68 Å². The lowest BCUT2D eigenvalue weighted by molar-refractivity contribution is 0.334. The van der Waals surface area contributed by atoms with Gasteiger partial charge in [0.05, 0.1) is 5.69 Å². The minimum atomic E-state index is 0.353. The third-order valence-electron chi connectivity index (χ3n) is 3.58. The van der Waals surface area contributed by atoms with Crippen LogP contribution in [0.2, 0.25) is 0 Å². The van der Waals surface area contributed by atoms with Crippen molar-refractivity contribution in [1.29, 1.82) is 0 Å². The smallest absolute Gasteiger partial charge is 0.0628 e. The molecule has 0 aromatic carbocycles. The van der Waals surface area contributed by atoms with E-state index in [0.717, 1.165) is 12.3 Å². The zero-order chi connectivity index (χ0) is 11.0. The van der Waals surface area contributed by atoms with Crippen LogP contribution < -0.4 is 0 Å². The summed E-state index contributed by atoms with van der Waals surface area (Å²) in [6, 6.07) is 0. The molecule has 1 saturated carbocycles. The van der Waals surface area contributed by atoms with Crippen LogP contribution in [0, 0.1) is 12.8 Å². The number of aromatic nitrogens is 2. The standard InChI is InChI=1S/C12H19ClN2/c1-8-4-5-10(13)6-11(8)12-7-15(3)14-9(12)2/h7-8,10-11H,4-6H2,1-3H3. The molecule has 0 radical (unpaired) electrons. The van der Waals surface area contributed by atoms with Crippen LogP contribution in [0.15, 0.2) is 6.20 Å². The summed E-state index contributed by atoms with van der Waals surface area (Å²) in [6.07, 6.45) is 5.67. The maximum atomic E-state index is 6.26.